The van der Waals surface area contributed by atoms with E-state index in [2.05, 4.69) is 56.3 Å². The first-order valence-corrected chi connectivity index (χ1v) is 13.5. The van der Waals surface area contributed by atoms with Gasteiger partial charge in [0.05, 0.1) is 18.6 Å². The molecule has 0 amide bonds. The Bertz CT molecular complexity index is 1360. The zero-order valence-corrected chi connectivity index (χ0v) is 22.3. The second-order valence-electron chi connectivity index (χ2n) is 10.9. The molecule has 3 heterocycles. The zero-order valence-electron chi connectivity index (χ0n) is 22.3. The summed E-state index contributed by atoms with van der Waals surface area (Å²) in [6, 6.07) is 16.0. The highest BCUT2D eigenvalue weighted by Crippen LogP contribution is 2.38. The third kappa shape index (κ3) is 6.74. The fourth-order valence-electron chi connectivity index (χ4n) is 5.37. The standard InChI is InChI=1S/C31H35FN4O3/c1-22(15-32)33-16-27(14-28-29(37)30(38)35-21-34-28)26-10-8-24(9-11-26)3-2-23-4-6-25(7-5-23)17-36-18-31(19-36)12-13-39-20-31/h4-11,21-22,27,33,37H,12-20H2,1H3,(H,34,35,38). The molecule has 3 N–H and O–H groups in total. The van der Waals surface area contributed by atoms with Crippen molar-refractivity contribution in [3.63, 3.8) is 0 Å². The summed E-state index contributed by atoms with van der Waals surface area (Å²) >= 11 is 0. The molecule has 1 spiro atoms. The van der Waals surface area contributed by atoms with Gasteiger partial charge >= 0.3 is 0 Å². The fraction of sp³-hybridized carbons (Fsp3) is 0.419. The second-order valence-corrected chi connectivity index (χ2v) is 10.9. The van der Waals surface area contributed by atoms with Crippen LogP contribution >= 0.6 is 0 Å². The van der Waals surface area contributed by atoms with E-state index in [9.17, 15) is 14.3 Å². The third-order valence-corrected chi connectivity index (χ3v) is 7.68. The fourth-order valence-corrected chi connectivity index (χ4v) is 5.37. The molecule has 39 heavy (non-hydrogen) atoms. The summed E-state index contributed by atoms with van der Waals surface area (Å²) in [5.74, 6) is 5.98. The highest BCUT2D eigenvalue weighted by molar-refractivity contribution is 5.44. The van der Waals surface area contributed by atoms with Crippen LogP contribution in [0.3, 0.4) is 0 Å². The molecular weight excluding hydrogens is 495 g/mol. The molecular formula is C31H35FN4O3. The number of likely N-dealkylation sites (tertiary alicyclic amines) is 1. The summed E-state index contributed by atoms with van der Waals surface area (Å²) < 4.78 is 18.6. The van der Waals surface area contributed by atoms with E-state index in [0.29, 0.717) is 24.1 Å². The van der Waals surface area contributed by atoms with E-state index < -0.39 is 12.2 Å². The van der Waals surface area contributed by atoms with Crippen molar-refractivity contribution in [1.29, 1.82) is 0 Å². The molecule has 0 radical (unpaired) electrons. The molecule has 2 aromatic carbocycles. The number of hydrogen-bond acceptors (Lipinski definition) is 6. The van der Waals surface area contributed by atoms with Crippen molar-refractivity contribution < 1.29 is 14.2 Å². The maximum atomic E-state index is 13.0. The van der Waals surface area contributed by atoms with E-state index in [4.69, 9.17) is 4.74 Å². The van der Waals surface area contributed by atoms with Gasteiger partial charge in [0.15, 0.2) is 0 Å². The van der Waals surface area contributed by atoms with Gasteiger partial charge in [-0.15, -0.1) is 0 Å². The Labute approximate surface area is 228 Å². The van der Waals surface area contributed by atoms with E-state index in [1.165, 1.54) is 18.3 Å². The highest BCUT2D eigenvalue weighted by Gasteiger charge is 2.45. The van der Waals surface area contributed by atoms with Gasteiger partial charge in [-0.1, -0.05) is 36.1 Å². The SMILES string of the molecule is CC(CF)NCC(Cc1nc[nH]c(=O)c1O)c1ccc(C#Cc2ccc(CN3CC4(CCOC4)C3)cc2)cc1. The van der Waals surface area contributed by atoms with Gasteiger partial charge in [-0.25, -0.2) is 9.37 Å². The Balaban J connectivity index is 1.21. The largest absolute Gasteiger partial charge is 0.502 e. The molecule has 5 rings (SSSR count). The minimum Gasteiger partial charge on any atom is -0.502 e. The Morgan fingerprint density at radius 1 is 1.15 bits per heavy atom. The Morgan fingerprint density at radius 3 is 2.49 bits per heavy atom. The highest BCUT2D eigenvalue weighted by atomic mass is 19.1. The molecule has 204 valence electrons. The van der Waals surface area contributed by atoms with Crippen LogP contribution in [0.1, 0.15) is 47.2 Å². The molecule has 2 unspecified atom stereocenters. The summed E-state index contributed by atoms with van der Waals surface area (Å²) in [6.07, 6.45) is 2.80. The first kappa shape index (κ1) is 27.1. The number of benzene rings is 2. The van der Waals surface area contributed by atoms with Gasteiger partial charge in [-0.3, -0.25) is 9.69 Å². The van der Waals surface area contributed by atoms with Crippen LogP contribution in [0.5, 0.6) is 5.75 Å². The predicted octanol–water partition coefficient (Wildman–Crippen LogP) is 3.37. The van der Waals surface area contributed by atoms with Crippen LogP contribution in [-0.4, -0.2) is 65.5 Å². The summed E-state index contributed by atoms with van der Waals surface area (Å²) in [6.45, 7) is 6.78. The maximum absolute atomic E-state index is 13.0. The zero-order chi connectivity index (χ0) is 27.2. The minimum absolute atomic E-state index is 0.115. The van der Waals surface area contributed by atoms with Crippen molar-refractivity contribution >= 4 is 0 Å². The quantitative estimate of drug-likeness (QED) is 0.368. The van der Waals surface area contributed by atoms with E-state index in [1.54, 1.807) is 6.92 Å². The number of aromatic hydroxyl groups is 1. The summed E-state index contributed by atoms with van der Waals surface area (Å²) in [5, 5.41) is 13.3. The number of halogens is 1. The average Bonchev–Trinajstić information content (AvgIpc) is 3.43. The number of nitrogens with one attached hydrogen (secondary N) is 2. The first-order chi connectivity index (χ1) is 18.9. The van der Waals surface area contributed by atoms with Crippen LogP contribution in [0.15, 0.2) is 59.7 Å². The molecule has 0 aliphatic carbocycles. The van der Waals surface area contributed by atoms with Crippen LogP contribution in [0.25, 0.3) is 0 Å². The van der Waals surface area contributed by atoms with Crippen molar-refractivity contribution in [2.75, 3.05) is 39.5 Å². The van der Waals surface area contributed by atoms with Crippen molar-refractivity contribution in [3.8, 4) is 17.6 Å². The Morgan fingerprint density at radius 2 is 1.85 bits per heavy atom. The van der Waals surface area contributed by atoms with Gasteiger partial charge in [0.2, 0.25) is 5.75 Å². The Hall–Kier alpha value is -3.51. The van der Waals surface area contributed by atoms with Crippen molar-refractivity contribution in [3.05, 3.63) is 93.2 Å². The molecule has 2 aliphatic heterocycles. The topological polar surface area (TPSA) is 90.5 Å². The van der Waals surface area contributed by atoms with Crippen LogP contribution in [0.4, 0.5) is 4.39 Å². The number of aromatic amines is 1. The maximum Gasteiger partial charge on any atom is 0.293 e. The van der Waals surface area contributed by atoms with Crippen LogP contribution in [-0.2, 0) is 17.7 Å². The number of alkyl halides is 1. The molecule has 2 atom stereocenters. The van der Waals surface area contributed by atoms with Gasteiger partial charge in [-0.05, 0) is 48.7 Å². The molecule has 0 bridgehead atoms. The number of nitrogens with zero attached hydrogens (tertiary/aromatic N) is 2. The van der Waals surface area contributed by atoms with Crippen molar-refractivity contribution in [2.24, 2.45) is 5.41 Å². The second kappa shape index (κ2) is 12.1. The Kier molecular flexibility index (Phi) is 8.41. The normalized spacial score (nSPS) is 17.8. The molecule has 1 aromatic heterocycles. The van der Waals surface area contributed by atoms with Gasteiger partial charge in [-0.2, -0.15) is 0 Å². The number of aromatic nitrogens is 2. The average molecular weight is 531 g/mol. The third-order valence-electron chi connectivity index (χ3n) is 7.68. The lowest BCUT2D eigenvalue weighted by Gasteiger charge is -2.47. The van der Waals surface area contributed by atoms with Gasteiger partial charge in [0.1, 0.15) is 6.67 Å². The van der Waals surface area contributed by atoms with Crippen molar-refractivity contribution in [2.45, 2.75) is 38.3 Å². The summed E-state index contributed by atoms with van der Waals surface area (Å²) in [5.41, 5.74) is 4.27. The number of hydrogen-bond donors (Lipinski definition) is 3. The molecule has 2 fully saturated rings. The molecule has 8 heteroatoms. The summed E-state index contributed by atoms with van der Waals surface area (Å²) in [7, 11) is 0. The smallest absolute Gasteiger partial charge is 0.293 e. The van der Waals surface area contributed by atoms with Gasteiger partial charge in [0.25, 0.3) is 5.56 Å². The van der Waals surface area contributed by atoms with Crippen molar-refractivity contribution in [1.82, 2.24) is 20.2 Å². The molecule has 0 saturated carbocycles. The predicted molar refractivity (Wildman–Crippen MR) is 148 cm³/mol. The van der Waals surface area contributed by atoms with E-state index in [-0.39, 0.29) is 17.7 Å². The minimum atomic E-state index is -0.574. The lowest BCUT2D eigenvalue weighted by Crippen LogP contribution is -2.55. The molecule has 2 saturated heterocycles. The van der Waals surface area contributed by atoms with Crippen LogP contribution in [0.2, 0.25) is 0 Å². The van der Waals surface area contributed by atoms with E-state index in [0.717, 1.165) is 49.5 Å². The molecule has 3 aromatic rings. The van der Waals surface area contributed by atoms with Crippen LogP contribution in [0, 0.1) is 17.3 Å². The van der Waals surface area contributed by atoms with E-state index >= 15 is 0 Å². The van der Waals surface area contributed by atoms with Gasteiger partial charge < -0.3 is 20.1 Å². The number of rotatable bonds is 9. The lowest BCUT2D eigenvalue weighted by atomic mass is 9.79. The molecule has 2 aliphatic rings. The lowest BCUT2D eigenvalue weighted by molar-refractivity contribution is -0.0123. The summed E-state index contributed by atoms with van der Waals surface area (Å²) in [4.78, 5) is 20.8. The van der Waals surface area contributed by atoms with E-state index in [1.807, 2.05) is 24.3 Å². The van der Waals surface area contributed by atoms with Crippen LogP contribution < -0.4 is 10.9 Å². The number of ether oxygens (including phenoxy) is 1. The number of H-pyrrole nitrogens is 1. The van der Waals surface area contributed by atoms with Gasteiger partial charge in [0, 0.05) is 67.7 Å². The monoisotopic (exact) mass is 530 g/mol. The first-order valence-electron chi connectivity index (χ1n) is 13.5. The molecule has 7 nitrogen and oxygen atoms in total.